The lowest BCUT2D eigenvalue weighted by Crippen LogP contribution is -2.40. The number of nitrogens with one attached hydrogen (secondary N) is 2. The average molecular weight is 377 g/mol. The second-order valence-electron chi connectivity index (χ2n) is 6.37. The molecule has 0 spiro atoms. The Morgan fingerprint density at radius 3 is 2.41 bits per heavy atom. The molecule has 6 nitrogen and oxygen atoms in total. The first-order valence-electron chi connectivity index (χ1n) is 10.1. The van der Waals surface area contributed by atoms with E-state index in [9.17, 15) is 4.79 Å². The summed E-state index contributed by atoms with van der Waals surface area (Å²) in [4.78, 5) is 18.4. The van der Waals surface area contributed by atoms with E-state index in [1.165, 1.54) is 5.56 Å². The third-order valence-corrected chi connectivity index (χ3v) is 4.20. The standard InChI is InChI=1S/C21H36N4O2/c1-5-22-21(24-16-14-20(26)25(6-2)7-3)23-15-8-9-17-27-19-12-10-18(4)11-13-19/h10-13H,5-9,14-17H2,1-4H3,(H2,22,23,24). The number of nitrogens with zero attached hydrogens (tertiary/aromatic N) is 2. The first kappa shape index (κ1) is 22.8. The maximum absolute atomic E-state index is 12.0. The normalized spacial score (nSPS) is 11.2. The topological polar surface area (TPSA) is 66.0 Å². The number of carbonyl (C=O) groups is 1. The molecule has 0 unspecified atom stereocenters. The molecule has 6 heteroatoms. The lowest BCUT2D eigenvalue weighted by Gasteiger charge is -2.19. The zero-order chi connectivity index (χ0) is 19.9. The van der Waals surface area contributed by atoms with Crippen molar-refractivity contribution in [1.29, 1.82) is 0 Å². The largest absolute Gasteiger partial charge is 0.494 e. The molecule has 0 bridgehead atoms. The molecule has 1 aromatic rings. The van der Waals surface area contributed by atoms with E-state index >= 15 is 0 Å². The summed E-state index contributed by atoms with van der Waals surface area (Å²) >= 11 is 0. The predicted molar refractivity (Wildman–Crippen MR) is 112 cm³/mol. The van der Waals surface area contributed by atoms with Gasteiger partial charge in [0, 0.05) is 39.1 Å². The molecule has 0 aromatic heterocycles. The fourth-order valence-electron chi connectivity index (χ4n) is 2.59. The summed E-state index contributed by atoms with van der Waals surface area (Å²) in [5.74, 6) is 1.86. The Balaban J connectivity index is 2.24. The molecule has 0 radical (unpaired) electrons. The van der Waals surface area contributed by atoms with Gasteiger partial charge in [0.05, 0.1) is 6.61 Å². The highest BCUT2D eigenvalue weighted by Gasteiger charge is 2.08. The predicted octanol–water partition coefficient (Wildman–Crippen LogP) is 2.97. The van der Waals surface area contributed by atoms with E-state index in [2.05, 4.69) is 34.7 Å². The van der Waals surface area contributed by atoms with Gasteiger partial charge in [0.2, 0.25) is 5.91 Å². The van der Waals surface area contributed by atoms with Crippen molar-refractivity contribution >= 4 is 11.9 Å². The number of hydrogen-bond acceptors (Lipinski definition) is 3. The van der Waals surface area contributed by atoms with Crippen molar-refractivity contribution in [2.24, 2.45) is 4.99 Å². The van der Waals surface area contributed by atoms with Crippen LogP contribution in [0.2, 0.25) is 0 Å². The number of aliphatic imine (C=N–C) groups is 1. The number of amides is 1. The molecule has 2 N–H and O–H groups in total. The van der Waals surface area contributed by atoms with E-state index in [1.807, 2.05) is 37.8 Å². The van der Waals surface area contributed by atoms with Crippen molar-refractivity contribution < 1.29 is 9.53 Å². The van der Waals surface area contributed by atoms with Crippen LogP contribution in [0, 0.1) is 6.92 Å². The van der Waals surface area contributed by atoms with E-state index in [1.54, 1.807) is 0 Å². The highest BCUT2D eigenvalue weighted by Crippen LogP contribution is 2.11. The molecule has 27 heavy (non-hydrogen) atoms. The summed E-state index contributed by atoms with van der Waals surface area (Å²) in [6.45, 7) is 12.4. The molecule has 0 aliphatic rings. The van der Waals surface area contributed by atoms with Crippen LogP contribution < -0.4 is 15.4 Å². The summed E-state index contributed by atoms with van der Waals surface area (Å²) in [6.07, 6.45) is 2.40. The molecule has 0 heterocycles. The smallest absolute Gasteiger partial charge is 0.224 e. The molecule has 1 rings (SSSR count). The second kappa shape index (κ2) is 13.9. The lowest BCUT2D eigenvalue weighted by molar-refractivity contribution is -0.130. The molecule has 1 amide bonds. The Morgan fingerprint density at radius 1 is 1.07 bits per heavy atom. The van der Waals surface area contributed by atoms with Gasteiger partial charge in [-0.25, -0.2) is 0 Å². The van der Waals surface area contributed by atoms with Crippen molar-refractivity contribution in [3.63, 3.8) is 0 Å². The first-order valence-corrected chi connectivity index (χ1v) is 10.1. The Kier molecular flexibility index (Phi) is 11.7. The number of ether oxygens (including phenoxy) is 1. The number of guanidine groups is 1. The van der Waals surface area contributed by atoms with Crippen LogP contribution in [0.5, 0.6) is 5.75 Å². The summed E-state index contributed by atoms with van der Waals surface area (Å²) < 4.78 is 5.73. The maximum Gasteiger partial charge on any atom is 0.224 e. The fourth-order valence-corrected chi connectivity index (χ4v) is 2.59. The average Bonchev–Trinajstić information content (AvgIpc) is 2.67. The van der Waals surface area contributed by atoms with Gasteiger partial charge in [-0.2, -0.15) is 0 Å². The van der Waals surface area contributed by atoms with Crippen molar-refractivity contribution in [1.82, 2.24) is 15.5 Å². The van der Waals surface area contributed by atoms with Crippen LogP contribution in [-0.4, -0.2) is 56.1 Å². The van der Waals surface area contributed by atoms with Gasteiger partial charge in [-0.15, -0.1) is 0 Å². The summed E-state index contributed by atoms with van der Waals surface area (Å²) in [7, 11) is 0. The fraction of sp³-hybridized carbons (Fsp3) is 0.619. The van der Waals surface area contributed by atoms with Crippen molar-refractivity contribution in [2.75, 3.05) is 39.3 Å². The SMILES string of the molecule is CCNC(=NCCCCOc1ccc(C)cc1)NCCC(=O)N(CC)CC. The third kappa shape index (κ3) is 9.87. The number of hydrogen-bond donors (Lipinski definition) is 2. The minimum atomic E-state index is 0.177. The molecule has 0 atom stereocenters. The van der Waals surface area contributed by atoms with Crippen molar-refractivity contribution in [2.45, 2.75) is 47.0 Å². The maximum atomic E-state index is 12.0. The Labute approximate surface area is 164 Å². The minimum Gasteiger partial charge on any atom is -0.494 e. The van der Waals surface area contributed by atoms with Crippen LogP contribution in [0.15, 0.2) is 29.3 Å². The first-order chi connectivity index (χ1) is 13.1. The van der Waals surface area contributed by atoms with Gasteiger partial charge in [-0.3, -0.25) is 9.79 Å². The minimum absolute atomic E-state index is 0.177. The highest BCUT2D eigenvalue weighted by atomic mass is 16.5. The molecule has 0 aliphatic carbocycles. The van der Waals surface area contributed by atoms with Crippen LogP contribution in [0.1, 0.15) is 45.6 Å². The number of aryl methyl sites for hydroxylation is 1. The zero-order valence-corrected chi connectivity index (χ0v) is 17.4. The van der Waals surface area contributed by atoms with Crippen LogP contribution in [-0.2, 0) is 4.79 Å². The molecule has 0 saturated heterocycles. The second-order valence-corrected chi connectivity index (χ2v) is 6.37. The van der Waals surface area contributed by atoms with Crippen molar-refractivity contribution in [3.05, 3.63) is 29.8 Å². The Hall–Kier alpha value is -2.24. The molecule has 0 aliphatic heterocycles. The third-order valence-electron chi connectivity index (χ3n) is 4.20. The van der Waals surface area contributed by atoms with Crippen LogP contribution in [0.25, 0.3) is 0 Å². The molecular formula is C21H36N4O2. The number of carbonyl (C=O) groups excluding carboxylic acids is 1. The van der Waals surface area contributed by atoms with E-state index in [0.717, 1.165) is 50.7 Å². The lowest BCUT2D eigenvalue weighted by atomic mass is 10.2. The summed E-state index contributed by atoms with van der Waals surface area (Å²) in [5.41, 5.74) is 1.24. The monoisotopic (exact) mass is 376 g/mol. The van der Waals surface area contributed by atoms with Gasteiger partial charge in [-0.1, -0.05) is 17.7 Å². The summed E-state index contributed by atoms with van der Waals surface area (Å²) in [5, 5.41) is 6.46. The molecule has 152 valence electrons. The Morgan fingerprint density at radius 2 is 1.78 bits per heavy atom. The molecule has 1 aromatic carbocycles. The van der Waals surface area contributed by atoms with E-state index in [4.69, 9.17) is 4.74 Å². The van der Waals surface area contributed by atoms with E-state index in [-0.39, 0.29) is 5.91 Å². The van der Waals surface area contributed by atoms with Crippen molar-refractivity contribution in [3.8, 4) is 5.75 Å². The number of benzene rings is 1. The Bertz CT molecular complexity index is 554. The van der Waals surface area contributed by atoms with Gasteiger partial charge < -0.3 is 20.3 Å². The molecule has 0 fully saturated rings. The highest BCUT2D eigenvalue weighted by molar-refractivity contribution is 5.81. The number of unbranched alkanes of at least 4 members (excludes halogenated alkanes) is 1. The number of rotatable bonds is 12. The van der Waals surface area contributed by atoms with Crippen LogP contribution >= 0.6 is 0 Å². The van der Waals surface area contributed by atoms with Gasteiger partial charge in [-0.05, 0) is 52.7 Å². The van der Waals surface area contributed by atoms with Gasteiger partial charge in [0.1, 0.15) is 5.75 Å². The molecule has 0 saturated carbocycles. The van der Waals surface area contributed by atoms with Crippen LogP contribution in [0.3, 0.4) is 0 Å². The van der Waals surface area contributed by atoms with Crippen LogP contribution in [0.4, 0.5) is 0 Å². The van der Waals surface area contributed by atoms with Gasteiger partial charge >= 0.3 is 0 Å². The van der Waals surface area contributed by atoms with E-state index in [0.29, 0.717) is 19.6 Å². The zero-order valence-electron chi connectivity index (χ0n) is 17.4. The molecular weight excluding hydrogens is 340 g/mol. The van der Waals surface area contributed by atoms with Gasteiger partial charge in [0.15, 0.2) is 5.96 Å². The van der Waals surface area contributed by atoms with Gasteiger partial charge in [0.25, 0.3) is 0 Å². The quantitative estimate of drug-likeness (QED) is 0.334. The summed E-state index contributed by atoms with van der Waals surface area (Å²) in [6, 6.07) is 8.11. The van der Waals surface area contributed by atoms with E-state index < -0.39 is 0 Å².